The zero-order valence-electron chi connectivity index (χ0n) is 15.4. The quantitative estimate of drug-likeness (QED) is 0.296. The van der Waals surface area contributed by atoms with Gasteiger partial charge in [0, 0.05) is 5.54 Å². The predicted octanol–water partition coefficient (Wildman–Crippen LogP) is -0.976. The third-order valence-electron chi connectivity index (χ3n) is 3.16. The Morgan fingerprint density at radius 3 is 1.80 bits per heavy atom. The standard InChI is InChI=1S/C14H29N4O6P/c1-8(16-11(19)7-15-14(4,5)6)12(20)17-9(2)13(21)18-10(3)25(22,23)24/h8-10,15H,7H2,1-6H3,(H,16,19)(H,17,20)(H,18,21)(H2,22,23,24)/t8-,9-,10+/m0/s1. The first kappa shape index (κ1) is 23.5. The molecule has 146 valence electrons. The maximum absolute atomic E-state index is 12.0. The Balaban J connectivity index is 4.44. The monoisotopic (exact) mass is 380 g/mol. The lowest BCUT2D eigenvalue weighted by Gasteiger charge is -2.22. The van der Waals surface area contributed by atoms with Crippen molar-refractivity contribution in [2.45, 2.75) is 64.9 Å². The minimum absolute atomic E-state index is 0.0387. The Morgan fingerprint density at radius 2 is 1.36 bits per heavy atom. The average molecular weight is 380 g/mol. The second-order valence-electron chi connectivity index (χ2n) is 6.90. The summed E-state index contributed by atoms with van der Waals surface area (Å²) in [6, 6.07) is -1.89. The summed E-state index contributed by atoms with van der Waals surface area (Å²) >= 11 is 0. The van der Waals surface area contributed by atoms with E-state index in [9.17, 15) is 18.9 Å². The first-order valence-corrected chi connectivity index (χ1v) is 9.52. The van der Waals surface area contributed by atoms with Gasteiger partial charge >= 0.3 is 7.60 Å². The first-order valence-electron chi connectivity index (χ1n) is 7.84. The molecule has 0 saturated carbocycles. The molecule has 6 N–H and O–H groups in total. The van der Waals surface area contributed by atoms with Crippen molar-refractivity contribution in [1.29, 1.82) is 0 Å². The van der Waals surface area contributed by atoms with Gasteiger partial charge < -0.3 is 31.1 Å². The number of nitrogens with one attached hydrogen (secondary N) is 4. The maximum Gasteiger partial charge on any atom is 0.347 e. The van der Waals surface area contributed by atoms with E-state index >= 15 is 0 Å². The van der Waals surface area contributed by atoms with E-state index in [0.717, 1.165) is 6.92 Å². The highest BCUT2D eigenvalue weighted by atomic mass is 31.2. The number of carbonyl (C=O) groups is 3. The molecule has 0 saturated heterocycles. The van der Waals surface area contributed by atoms with Crippen LogP contribution in [0.25, 0.3) is 0 Å². The lowest BCUT2D eigenvalue weighted by Crippen LogP contribution is -2.54. The van der Waals surface area contributed by atoms with E-state index in [2.05, 4.69) is 21.3 Å². The molecule has 25 heavy (non-hydrogen) atoms. The summed E-state index contributed by atoms with van der Waals surface area (Å²) in [6.45, 7) is 9.73. The molecule has 0 aromatic heterocycles. The molecule has 10 nitrogen and oxygen atoms in total. The molecular weight excluding hydrogens is 351 g/mol. The summed E-state index contributed by atoms with van der Waals surface area (Å²) in [5, 5.41) is 9.97. The Hall–Kier alpha value is -1.48. The molecule has 3 amide bonds. The number of hydrogen-bond acceptors (Lipinski definition) is 5. The van der Waals surface area contributed by atoms with Crippen molar-refractivity contribution < 1.29 is 28.7 Å². The van der Waals surface area contributed by atoms with Crippen LogP contribution in [0.15, 0.2) is 0 Å². The predicted molar refractivity (Wildman–Crippen MR) is 92.6 cm³/mol. The third kappa shape index (κ3) is 10.2. The fourth-order valence-corrected chi connectivity index (χ4v) is 1.82. The van der Waals surface area contributed by atoms with E-state index in [1.807, 2.05) is 20.8 Å². The van der Waals surface area contributed by atoms with Crippen LogP contribution < -0.4 is 21.3 Å². The van der Waals surface area contributed by atoms with Crippen molar-refractivity contribution in [3.8, 4) is 0 Å². The third-order valence-corrected chi connectivity index (χ3v) is 4.30. The van der Waals surface area contributed by atoms with E-state index in [1.54, 1.807) is 0 Å². The molecule has 0 radical (unpaired) electrons. The van der Waals surface area contributed by atoms with Gasteiger partial charge in [-0.2, -0.15) is 0 Å². The lowest BCUT2D eigenvalue weighted by atomic mass is 10.1. The van der Waals surface area contributed by atoms with Crippen molar-refractivity contribution in [2.75, 3.05) is 6.54 Å². The molecule has 0 unspecified atom stereocenters. The largest absolute Gasteiger partial charge is 0.347 e. The van der Waals surface area contributed by atoms with E-state index < -0.39 is 37.3 Å². The number of carbonyl (C=O) groups excluding carboxylic acids is 3. The van der Waals surface area contributed by atoms with Gasteiger partial charge in [-0.05, 0) is 41.5 Å². The Bertz CT molecular complexity index is 542. The maximum atomic E-state index is 12.0. The van der Waals surface area contributed by atoms with Gasteiger partial charge in [0.25, 0.3) is 0 Å². The van der Waals surface area contributed by atoms with Crippen molar-refractivity contribution in [3.05, 3.63) is 0 Å². The van der Waals surface area contributed by atoms with Crippen molar-refractivity contribution in [1.82, 2.24) is 21.3 Å². The van der Waals surface area contributed by atoms with E-state index in [4.69, 9.17) is 9.79 Å². The Morgan fingerprint density at radius 1 is 0.920 bits per heavy atom. The summed E-state index contributed by atoms with van der Waals surface area (Å²) in [5.41, 5.74) is -0.245. The molecule has 0 rings (SSSR count). The molecule has 0 aliphatic carbocycles. The Labute approximate surface area is 147 Å². The van der Waals surface area contributed by atoms with Crippen LogP contribution >= 0.6 is 7.60 Å². The van der Waals surface area contributed by atoms with Crippen LogP contribution in [0.2, 0.25) is 0 Å². The highest BCUT2D eigenvalue weighted by Gasteiger charge is 2.28. The smallest absolute Gasteiger partial charge is 0.343 e. The zero-order valence-corrected chi connectivity index (χ0v) is 16.3. The van der Waals surface area contributed by atoms with Gasteiger partial charge in [-0.15, -0.1) is 0 Å². The Kier molecular flexibility index (Phi) is 8.73. The molecule has 0 aliphatic heterocycles. The van der Waals surface area contributed by atoms with Crippen LogP contribution in [-0.4, -0.2) is 57.5 Å². The van der Waals surface area contributed by atoms with Crippen LogP contribution in [0.1, 0.15) is 41.5 Å². The van der Waals surface area contributed by atoms with Gasteiger partial charge in [0.05, 0.1) is 6.54 Å². The van der Waals surface area contributed by atoms with Crippen molar-refractivity contribution in [2.24, 2.45) is 0 Å². The van der Waals surface area contributed by atoms with Crippen molar-refractivity contribution >= 4 is 25.3 Å². The normalized spacial score (nSPS) is 15.7. The highest BCUT2D eigenvalue weighted by Crippen LogP contribution is 2.39. The minimum Gasteiger partial charge on any atom is -0.343 e. The van der Waals surface area contributed by atoms with Crippen LogP contribution in [-0.2, 0) is 18.9 Å². The van der Waals surface area contributed by atoms with Gasteiger partial charge in [-0.25, -0.2) is 0 Å². The van der Waals surface area contributed by atoms with E-state index in [-0.39, 0.29) is 18.0 Å². The van der Waals surface area contributed by atoms with Crippen LogP contribution in [0.4, 0.5) is 0 Å². The van der Waals surface area contributed by atoms with Gasteiger partial charge in [-0.3, -0.25) is 18.9 Å². The fourth-order valence-electron chi connectivity index (χ4n) is 1.52. The van der Waals surface area contributed by atoms with Crippen LogP contribution in [0, 0.1) is 0 Å². The molecule has 0 aliphatic rings. The number of amides is 3. The van der Waals surface area contributed by atoms with Crippen molar-refractivity contribution in [3.63, 3.8) is 0 Å². The number of hydrogen-bond donors (Lipinski definition) is 6. The second kappa shape index (κ2) is 9.28. The molecule has 0 fully saturated rings. The fraction of sp³-hybridized carbons (Fsp3) is 0.786. The molecule has 0 spiro atoms. The molecule has 0 aromatic rings. The summed E-state index contributed by atoms with van der Waals surface area (Å²) < 4.78 is 11.0. The van der Waals surface area contributed by atoms with Crippen LogP contribution in [0.3, 0.4) is 0 Å². The average Bonchev–Trinajstić information content (AvgIpc) is 2.42. The molecule has 3 atom stereocenters. The summed E-state index contributed by atoms with van der Waals surface area (Å²) in [7, 11) is -4.45. The van der Waals surface area contributed by atoms with Gasteiger partial charge in [0.1, 0.15) is 17.9 Å². The van der Waals surface area contributed by atoms with E-state index in [0.29, 0.717) is 0 Å². The topological polar surface area (TPSA) is 157 Å². The van der Waals surface area contributed by atoms with Gasteiger partial charge in [0.15, 0.2) is 0 Å². The van der Waals surface area contributed by atoms with Gasteiger partial charge in [-0.1, -0.05) is 0 Å². The summed E-state index contributed by atoms with van der Waals surface area (Å²) in [4.78, 5) is 53.5. The molecule has 0 heterocycles. The zero-order chi connectivity index (χ0) is 20.0. The molecule has 0 aromatic carbocycles. The second-order valence-corrected chi connectivity index (χ2v) is 8.85. The first-order chi connectivity index (χ1) is 11.1. The summed E-state index contributed by atoms with van der Waals surface area (Å²) in [6.07, 6.45) is 0. The molecule has 11 heteroatoms. The van der Waals surface area contributed by atoms with E-state index in [1.165, 1.54) is 13.8 Å². The van der Waals surface area contributed by atoms with Crippen LogP contribution in [0.5, 0.6) is 0 Å². The molecular formula is C14H29N4O6P. The lowest BCUT2D eigenvalue weighted by molar-refractivity contribution is -0.131. The molecule has 0 bridgehead atoms. The SMILES string of the molecule is C[C@H](NC(=O)CNC(C)(C)C)C(=O)N[C@@H](C)C(=O)N[C@@H](C)P(=O)(O)O. The summed E-state index contributed by atoms with van der Waals surface area (Å²) in [5.74, 6) is -3.06. The highest BCUT2D eigenvalue weighted by molar-refractivity contribution is 7.52. The van der Waals surface area contributed by atoms with Gasteiger partial charge in [0.2, 0.25) is 17.7 Å². The minimum atomic E-state index is -4.45. The number of rotatable bonds is 8.